The predicted molar refractivity (Wildman–Crippen MR) is 68.2 cm³/mol. The number of hydrogen-bond donors (Lipinski definition) is 2. The van der Waals surface area contributed by atoms with E-state index < -0.39 is 11.6 Å². The molecule has 0 atom stereocenters. The minimum Gasteiger partial charge on any atom is -0.397 e. The molecule has 0 amide bonds. The molecule has 0 fully saturated rings. The summed E-state index contributed by atoms with van der Waals surface area (Å²) in [5, 5.41) is 2.81. The molecular weight excluding hydrogens is 290 g/mol. The smallest absolute Gasteiger partial charge is 0.149 e. The number of rotatable bonds is 2. The molecule has 2 rings (SSSR count). The Morgan fingerprint density at radius 1 is 1.00 bits per heavy atom. The third kappa shape index (κ3) is 2.74. The van der Waals surface area contributed by atoms with Crippen molar-refractivity contribution in [1.82, 2.24) is 0 Å². The van der Waals surface area contributed by atoms with Crippen molar-refractivity contribution in [2.45, 2.75) is 0 Å². The van der Waals surface area contributed by atoms with E-state index in [0.29, 0.717) is 11.4 Å². The van der Waals surface area contributed by atoms with Gasteiger partial charge in [0, 0.05) is 10.5 Å². The van der Waals surface area contributed by atoms with Crippen molar-refractivity contribution in [3.8, 4) is 0 Å². The average Bonchev–Trinajstić information content (AvgIpc) is 2.25. The van der Waals surface area contributed by atoms with Gasteiger partial charge in [-0.25, -0.2) is 8.78 Å². The Labute approximate surface area is 106 Å². The highest BCUT2D eigenvalue weighted by Crippen LogP contribution is 2.27. The largest absolute Gasteiger partial charge is 0.397 e. The molecular formula is C12H9BrF2N2. The van der Waals surface area contributed by atoms with Crippen LogP contribution in [-0.4, -0.2) is 0 Å². The topological polar surface area (TPSA) is 38.0 Å². The van der Waals surface area contributed by atoms with E-state index in [4.69, 9.17) is 5.73 Å². The Hall–Kier alpha value is -1.62. The minimum atomic E-state index is -0.660. The number of anilines is 3. The van der Waals surface area contributed by atoms with Gasteiger partial charge in [-0.05, 0) is 30.3 Å². The van der Waals surface area contributed by atoms with Crippen LogP contribution in [0.5, 0.6) is 0 Å². The van der Waals surface area contributed by atoms with Crippen LogP contribution >= 0.6 is 15.9 Å². The van der Waals surface area contributed by atoms with Crippen molar-refractivity contribution >= 4 is 33.0 Å². The molecule has 2 aromatic carbocycles. The maximum absolute atomic E-state index is 13.4. The van der Waals surface area contributed by atoms with Crippen molar-refractivity contribution in [2.24, 2.45) is 0 Å². The molecule has 0 aliphatic carbocycles. The molecule has 0 aromatic heterocycles. The highest BCUT2D eigenvalue weighted by Gasteiger charge is 2.06. The molecule has 88 valence electrons. The zero-order valence-corrected chi connectivity index (χ0v) is 10.3. The van der Waals surface area contributed by atoms with Gasteiger partial charge in [-0.2, -0.15) is 0 Å². The standard InChI is InChI=1S/C12H9BrF2N2/c13-7-1-3-12(10(16)5-7)17-11-4-2-8(14)6-9(11)15/h1-6,17H,16H2. The summed E-state index contributed by atoms with van der Waals surface area (Å²) in [6.45, 7) is 0. The number of benzene rings is 2. The zero-order valence-electron chi connectivity index (χ0n) is 8.68. The second-order valence-electron chi connectivity index (χ2n) is 3.48. The maximum Gasteiger partial charge on any atom is 0.149 e. The Bertz CT molecular complexity index is 509. The molecule has 0 radical (unpaired) electrons. The number of nitrogens with one attached hydrogen (secondary N) is 1. The van der Waals surface area contributed by atoms with E-state index in [1.165, 1.54) is 12.1 Å². The van der Waals surface area contributed by atoms with E-state index in [1.807, 2.05) is 0 Å². The fraction of sp³-hybridized carbons (Fsp3) is 0. The lowest BCUT2D eigenvalue weighted by atomic mass is 10.2. The van der Waals surface area contributed by atoms with Gasteiger partial charge in [-0.15, -0.1) is 0 Å². The van der Waals surface area contributed by atoms with Gasteiger partial charge in [0.15, 0.2) is 0 Å². The van der Waals surface area contributed by atoms with E-state index in [0.717, 1.165) is 10.5 Å². The first-order valence-electron chi connectivity index (χ1n) is 4.83. The van der Waals surface area contributed by atoms with Gasteiger partial charge < -0.3 is 11.1 Å². The van der Waals surface area contributed by atoms with E-state index in [2.05, 4.69) is 21.2 Å². The highest BCUT2D eigenvalue weighted by molar-refractivity contribution is 9.10. The second-order valence-corrected chi connectivity index (χ2v) is 4.40. The van der Waals surface area contributed by atoms with Crippen LogP contribution in [0.15, 0.2) is 40.9 Å². The molecule has 0 spiro atoms. The normalized spacial score (nSPS) is 10.3. The summed E-state index contributed by atoms with van der Waals surface area (Å²) in [6, 6.07) is 8.51. The van der Waals surface area contributed by atoms with Crippen LogP contribution in [0.4, 0.5) is 25.8 Å². The third-order valence-electron chi connectivity index (χ3n) is 2.21. The lowest BCUT2D eigenvalue weighted by Crippen LogP contribution is -1.98. The fourth-order valence-corrected chi connectivity index (χ4v) is 1.76. The van der Waals surface area contributed by atoms with E-state index >= 15 is 0 Å². The van der Waals surface area contributed by atoms with Crippen LogP contribution in [0.3, 0.4) is 0 Å². The van der Waals surface area contributed by atoms with Crippen molar-refractivity contribution in [3.63, 3.8) is 0 Å². The van der Waals surface area contributed by atoms with Crippen molar-refractivity contribution in [1.29, 1.82) is 0 Å². The van der Waals surface area contributed by atoms with Gasteiger partial charge in [0.05, 0.1) is 17.1 Å². The molecule has 0 saturated heterocycles. The van der Waals surface area contributed by atoms with Crippen LogP contribution in [0.25, 0.3) is 0 Å². The molecule has 2 nitrogen and oxygen atoms in total. The summed E-state index contributed by atoms with van der Waals surface area (Å²) >= 11 is 3.27. The first-order valence-corrected chi connectivity index (χ1v) is 5.62. The minimum absolute atomic E-state index is 0.181. The number of halogens is 3. The molecule has 0 heterocycles. The summed E-state index contributed by atoms with van der Waals surface area (Å²) in [4.78, 5) is 0. The second kappa shape index (κ2) is 4.71. The molecule has 5 heteroatoms. The zero-order chi connectivity index (χ0) is 12.4. The maximum atomic E-state index is 13.4. The molecule has 0 aliphatic rings. The predicted octanol–water partition coefficient (Wildman–Crippen LogP) is 4.05. The number of hydrogen-bond acceptors (Lipinski definition) is 2. The van der Waals surface area contributed by atoms with Crippen molar-refractivity contribution in [2.75, 3.05) is 11.1 Å². The van der Waals surface area contributed by atoms with Gasteiger partial charge in [0.25, 0.3) is 0 Å². The molecule has 0 aliphatic heterocycles. The number of nitrogen functional groups attached to an aromatic ring is 1. The summed E-state index contributed by atoms with van der Waals surface area (Å²) in [5.41, 5.74) is 6.98. The summed E-state index contributed by atoms with van der Waals surface area (Å²) in [5.74, 6) is -1.27. The van der Waals surface area contributed by atoms with Gasteiger partial charge in [0.2, 0.25) is 0 Å². The Morgan fingerprint density at radius 2 is 1.71 bits per heavy atom. The third-order valence-corrected chi connectivity index (χ3v) is 2.71. The van der Waals surface area contributed by atoms with E-state index in [1.54, 1.807) is 18.2 Å². The van der Waals surface area contributed by atoms with Crippen molar-refractivity contribution in [3.05, 3.63) is 52.5 Å². The monoisotopic (exact) mass is 298 g/mol. The van der Waals surface area contributed by atoms with E-state index in [9.17, 15) is 8.78 Å². The van der Waals surface area contributed by atoms with Crippen LogP contribution in [-0.2, 0) is 0 Å². The first kappa shape index (κ1) is 11.9. The SMILES string of the molecule is Nc1cc(Br)ccc1Nc1ccc(F)cc1F. The lowest BCUT2D eigenvalue weighted by Gasteiger charge is -2.10. The molecule has 0 saturated carbocycles. The van der Waals surface area contributed by atoms with Gasteiger partial charge in [0.1, 0.15) is 11.6 Å². The molecule has 3 N–H and O–H groups in total. The molecule has 2 aromatic rings. The van der Waals surface area contributed by atoms with Gasteiger partial charge >= 0.3 is 0 Å². The van der Waals surface area contributed by atoms with Crippen LogP contribution in [0.2, 0.25) is 0 Å². The van der Waals surface area contributed by atoms with Crippen molar-refractivity contribution < 1.29 is 8.78 Å². The Balaban J connectivity index is 2.31. The highest BCUT2D eigenvalue weighted by atomic mass is 79.9. The summed E-state index contributed by atoms with van der Waals surface area (Å²) in [7, 11) is 0. The molecule has 17 heavy (non-hydrogen) atoms. The molecule has 0 unspecified atom stereocenters. The van der Waals surface area contributed by atoms with Crippen LogP contribution in [0.1, 0.15) is 0 Å². The quantitative estimate of drug-likeness (QED) is 0.821. The van der Waals surface area contributed by atoms with Gasteiger partial charge in [-0.1, -0.05) is 15.9 Å². The first-order chi connectivity index (χ1) is 8.06. The van der Waals surface area contributed by atoms with Crippen LogP contribution in [0, 0.1) is 11.6 Å². The Kier molecular flexibility index (Phi) is 3.28. The van der Waals surface area contributed by atoms with Crippen LogP contribution < -0.4 is 11.1 Å². The summed E-state index contributed by atoms with van der Waals surface area (Å²) in [6.07, 6.45) is 0. The van der Waals surface area contributed by atoms with E-state index in [-0.39, 0.29) is 5.69 Å². The number of nitrogens with two attached hydrogens (primary N) is 1. The molecule has 0 bridgehead atoms. The van der Waals surface area contributed by atoms with Gasteiger partial charge in [-0.3, -0.25) is 0 Å². The lowest BCUT2D eigenvalue weighted by molar-refractivity contribution is 0.586. The average molecular weight is 299 g/mol. The fourth-order valence-electron chi connectivity index (χ4n) is 1.38. The Morgan fingerprint density at radius 3 is 2.35 bits per heavy atom. The summed E-state index contributed by atoms with van der Waals surface area (Å²) < 4.78 is 26.9.